The van der Waals surface area contributed by atoms with E-state index in [1.165, 1.54) is 13.3 Å². The number of benzene rings is 2. The molecule has 35 heavy (non-hydrogen) atoms. The molecule has 9 nitrogen and oxygen atoms in total. The number of anilines is 4. The Kier molecular flexibility index (Phi) is 7.54. The number of thioether (sulfide) groups is 1. The zero-order chi connectivity index (χ0) is 24.8. The van der Waals surface area contributed by atoms with Gasteiger partial charge in [-0.05, 0) is 36.6 Å². The molecule has 0 saturated heterocycles. The molecule has 0 aliphatic carbocycles. The van der Waals surface area contributed by atoms with E-state index in [1.54, 1.807) is 35.8 Å². The number of hydrogen-bond donors (Lipinski definition) is 3. The number of ether oxygens (including phenoxy) is 1. The Morgan fingerprint density at radius 3 is 2.49 bits per heavy atom. The highest BCUT2D eigenvalue weighted by Crippen LogP contribution is 2.38. The molecule has 0 aliphatic rings. The summed E-state index contributed by atoms with van der Waals surface area (Å²) in [5, 5.41) is 10.9. The predicted octanol–water partition coefficient (Wildman–Crippen LogP) is 4.99. The van der Waals surface area contributed by atoms with Gasteiger partial charge in [0.1, 0.15) is 11.6 Å². The third-order valence-electron chi connectivity index (χ3n) is 5.21. The van der Waals surface area contributed by atoms with Crippen LogP contribution in [0.3, 0.4) is 0 Å². The van der Waals surface area contributed by atoms with Crippen molar-refractivity contribution in [3.05, 3.63) is 72.7 Å². The van der Waals surface area contributed by atoms with Crippen LogP contribution in [0.5, 0.6) is 5.75 Å². The van der Waals surface area contributed by atoms with Gasteiger partial charge in [-0.25, -0.2) is 10.5 Å². The number of nitrogens with zero attached hydrogens (tertiary/aromatic N) is 3. The summed E-state index contributed by atoms with van der Waals surface area (Å²) in [6.45, 7) is 0. The van der Waals surface area contributed by atoms with Crippen LogP contribution >= 0.6 is 11.8 Å². The van der Waals surface area contributed by atoms with Crippen LogP contribution in [0.2, 0.25) is 0 Å². The van der Waals surface area contributed by atoms with E-state index >= 15 is 0 Å². The number of carbonyl (C=O) groups is 1. The number of hydroxylamine groups is 1. The van der Waals surface area contributed by atoms with E-state index in [0.29, 0.717) is 28.5 Å². The Labute approximate surface area is 207 Å². The highest BCUT2D eigenvalue weighted by Gasteiger charge is 2.17. The first-order chi connectivity index (χ1) is 17.0. The van der Waals surface area contributed by atoms with Gasteiger partial charge in [-0.15, -0.1) is 11.8 Å². The molecule has 4 aromatic rings. The largest absolute Gasteiger partial charge is 0.494 e. The van der Waals surface area contributed by atoms with Gasteiger partial charge in [0.05, 0.1) is 37.4 Å². The van der Waals surface area contributed by atoms with Crippen LogP contribution in [-0.4, -0.2) is 41.1 Å². The molecule has 2 aromatic carbocycles. The van der Waals surface area contributed by atoms with Crippen LogP contribution in [-0.2, 0) is 11.9 Å². The minimum absolute atomic E-state index is 0.309. The molecule has 0 atom stereocenters. The zero-order valence-electron chi connectivity index (χ0n) is 19.8. The fourth-order valence-corrected chi connectivity index (χ4v) is 3.97. The van der Waals surface area contributed by atoms with Crippen LogP contribution in [0.4, 0.5) is 22.9 Å². The smallest absolute Gasteiger partial charge is 0.278 e. The van der Waals surface area contributed by atoms with Gasteiger partial charge < -0.3 is 15.4 Å². The molecule has 0 fully saturated rings. The normalized spacial score (nSPS) is 10.6. The molecule has 0 bridgehead atoms. The van der Waals surface area contributed by atoms with Crippen molar-refractivity contribution in [2.24, 2.45) is 7.05 Å². The number of nitrogens with one attached hydrogen (secondary N) is 3. The summed E-state index contributed by atoms with van der Waals surface area (Å²) < 4.78 is 7.48. The molecule has 3 N–H and O–H groups in total. The second-order valence-electron chi connectivity index (χ2n) is 7.52. The van der Waals surface area contributed by atoms with Gasteiger partial charge in [-0.3, -0.25) is 14.3 Å². The summed E-state index contributed by atoms with van der Waals surface area (Å²) in [5.41, 5.74) is 6.54. The summed E-state index contributed by atoms with van der Waals surface area (Å²) >= 11 is 1.67. The van der Waals surface area contributed by atoms with Gasteiger partial charge in [-0.1, -0.05) is 12.1 Å². The molecule has 0 saturated carbocycles. The van der Waals surface area contributed by atoms with Crippen LogP contribution in [0.15, 0.2) is 72.0 Å². The van der Waals surface area contributed by atoms with E-state index in [0.717, 1.165) is 21.7 Å². The van der Waals surface area contributed by atoms with Crippen molar-refractivity contribution in [3.63, 3.8) is 0 Å². The van der Waals surface area contributed by atoms with E-state index in [2.05, 4.69) is 26.2 Å². The zero-order valence-corrected chi connectivity index (χ0v) is 20.6. The summed E-state index contributed by atoms with van der Waals surface area (Å²) in [4.78, 5) is 23.1. The molecule has 0 radical (unpaired) electrons. The highest BCUT2D eigenvalue weighted by molar-refractivity contribution is 7.98. The second-order valence-corrected chi connectivity index (χ2v) is 8.40. The Balaban J connectivity index is 1.71. The summed E-state index contributed by atoms with van der Waals surface area (Å²) in [5.74, 6) is 0.763. The number of aromatic nitrogens is 3. The number of rotatable bonds is 9. The van der Waals surface area contributed by atoms with Crippen LogP contribution in [0, 0.1) is 0 Å². The van der Waals surface area contributed by atoms with E-state index in [-0.39, 0.29) is 0 Å². The number of amides is 1. The topological polar surface area (TPSA) is 102 Å². The molecule has 1 amide bonds. The summed E-state index contributed by atoms with van der Waals surface area (Å²) in [7, 11) is 4.85. The van der Waals surface area contributed by atoms with Crippen molar-refractivity contribution >= 4 is 40.5 Å². The van der Waals surface area contributed by atoms with E-state index in [9.17, 15) is 4.79 Å². The van der Waals surface area contributed by atoms with Crippen molar-refractivity contribution in [2.45, 2.75) is 4.90 Å². The lowest BCUT2D eigenvalue weighted by atomic mass is 10.1. The number of aryl methyl sites for hydroxylation is 1. The Morgan fingerprint density at radius 1 is 1.03 bits per heavy atom. The monoisotopic (exact) mass is 490 g/mol. The maximum absolute atomic E-state index is 12.7. The fraction of sp³-hybridized carbons (Fsp3) is 0.160. The van der Waals surface area contributed by atoms with Crippen molar-refractivity contribution in [1.29, 1.82) is 0 Å². The average molecular weight is 491 g/mol. The fourth-order valence-electron chi connectivity index (χ4n) is 3.57. The van der Waals surface area contributed by atoms with Crippen molar-refractivity contribution in [2.75, 3.05) is 31.1 Å². The standard InChI is InChI=1S/C25H26N6O3S/c1-31-15-16(13-27-31)19-6-5-7-21(24(19)33-2)29-22-12-23(26-14-20(22)25(32)30-34-3)28-17-8-10-18(35-4)11-9-17/h5-15H,1-4H3,(H,30,32)(H2,26,28,29). The average Bonchev–Trinajstić information content (AvgIpc) is 3.30. The van der Waals surface area contributed by atoms with Gasteiger partial charge in [0, 0.05) is 47.2 Å². The number of methoxy groups -OCH3 is 1. The van der Waals surface area contributed by atoms with Crippen LogP contribution in [0.1, 0.15) is 10.4 Å². The van der Waals surface area contributed by atoms with E-state index in [1.807, 2.05) is 62.0 Å². The number of para-hydroxylation sites is 1. The Hall–Kier alpha value is -4.02. The van der Waals surface area contributed by atoms with E-state index < -0.39 is 5.91 Å². The van der Waals surface area contributed by atoms with E-state index in [4.69, 9.17) is 9.57 Å². The van der Waals surface area contributed by atoms with Gasteiger partial charge in [0.25, 0.3) is 5.91 Å². The molecule has 180 valence electrons. The second kappa shape index (κ2) is 10.9. The SMILES string of the molecule is CONC(=O)c1cnc(Nc2ccc(SC)cc2)cc1Nc1cccc(-c2cnn(C)c2)c1OC. The Bertz CT molecular complexity index is 1320. The molecule has 0 spiro atoms. The lowest BCUT2D eigenvalue weighted by molar-refractivity contribution is 0.0538. The summed E-state index contributed by atoms with van der Waals surface area (Å²) in [6, 6.07) is 15.5. The lowest BCUT2D eigenvalue weighted by Crippen LogP contribution is -2.23. The maximum Gasteiger partial charge on any atom is 0.278 e. The molecule has 0 unspecified atom stereocenters. The van der Waals surface area contributed by atoms with Crippen LogP contribution < -0.4 is 20.9 Å². The maximum atomic E-state index is 12.7. The number of carbonyl (C=O) groups excluding carboxylic acids is 1. The Morgan fingerprint density at radius 2 is 1.83 bits per heavy atom. The highest BCUT2D eigenvalue weighted by atomic mass is 32.2. The molecule has 4 rings (SSSR count). The lowest BCUT2D eigenvalue weighted by Gasteiger charge is -2.17. The van der Waals surface area contributed by atoms with Crippen molar-refractivity contribution < 1.29 is 14.4 Å². The summed E-state index contributed by atoms with van der Waals surface area (Å²) in [6.07, 6.45) is 7.21. The first kappa shape index (κ1) is 24.1. The van der Waals surface area contributed by atoms with Crippen LogP contribution in [0.25, 0.3) is 11.1 Å². The van der Waals surface area contributed by atoms with Gasteiger partial charge >= 0.3 is 0 Å². The third-order valence-corrected chi connectivity index (χ3v) is 5.95. The minimum atomic E-state index is -0.430. The number of pyridine rings is 1. The molecular weight excluding hydrogens is 464 g/mol. The molecule has 10 heteroatoms. The molecule has 0 aliphatic heterocycles. The quantitative estimate of drug-likeness (QED) is 0.223. The number of hydrogen-bond acceptors (Lipinski definition) is 8. The third kappa shape index (κ3) is 5.56. The first-order valence-electron chi connectivity index (χ1n) is 10.7. The first-order valence-corrected chi connectivity index (χ1v) is 11.9. The van der Waals surface area contributed by atoms with Gasteiger partial charge in [-0.2, -0.15) is 5.10 Å². The van der Waals surface area contributed by atoms with Crippen molar-refractivity contribution in [1.82, 2.24) is 20.2 Å². The van der Waals surface area contributed by atoms with Gasteiger partial charge in [0.15, 0.2) is 0 Å². The minimum Gasteiger partial charge on any atom is -0.494 e. The predicted molar refractivity (Wildman–Crippen MR) is 139 cm³/mol. The van der Waals surface area contributed by atoms with Crippen molar-refractivity contribution in [3.8, 4) is 16.9 Å². The van der Waals surface area contributed by atoms with Gasteiger partial charge in [0.2, 0.25) is 0 Å². The molecule has 2 heterocycles. The molecular formula is C25H26N6O3S. The molecule has 2 aromatic heterocycles.